The van der Waals surface area contributed by atoms with E-state index in [4.69, 9.17) is 4.74 Å². The summed E-state index contributed by atoms with van der Waals surface area (Å²) in [7, 11) is 0. The molecule has 0 saturated carbocycles. The highest BCUT2D eigenvalue weighted by molar-refractivity contribution is 9.10. The zero-order chi connectivity index (χ0) is 13.2. The second-order valence-corrected chi connectivity index (χ2v) is 5.57. The molecular formula is C15H15BrN2O. The van der Waals surface area contributed by atoms with Gasteiger partial charge in [0.25, 0.3) is 0 Å². The lowest BCUT2D eigenvalue weighted by atomic mass is 10.1. The van der Waals surface area contributed by atoms with Crippen molar-refractivity contribution in [2.45, 2.75) is 19.8 Å². The van der Waals surface area contributed by atoms with Gasteiger partial charge >= 0.3 is 0 Å². The van der Waals surface area contributed by atoms with Gasteiger partial charge in [-0.05, 0) is 71.1 Å². The van der Waals surface area contributed by atoms with Crippen LogP contribution in [0.2, 0.25) is 0 Å². The lowest BCUT2D eigenvalue weighted by Crippen LogP contribution is -2.08. The Morgan fingerprint density at radius 1 is 1.32 bits per heavy atom. The number of halogens is 1. The summed E-state index contributed by atoms with van der Waals surface area (Å²) >= 11 is 3.46. The van der Waals surface area contributed by atoms with Crippen molar-refractivity contribution in [2.24, 2.45) is 0 Å². The monoisotopic (exact) mass is 318 g/mol. The Hall–Kier alpha value is -1.55. The molecular weight excluding hydrogens is 304 g/mol. The van der Waals surface area contributed by atoms with Crippen molar-refractivity contribution in [1.29, 1.82) is 0 Å². The number of nitrogens with zero attached hydrogens (tertiary/aromatic N) is 1. The van der Waals surface area contributed by atoms with Crippen LogP contribution in [0, 0.1) is 6.92 Å². The van der Waals surface area contributed by atoms with Crippen LogP contribution in [-0.2, 0) is 6.42 Å². The lowest BCUT2D eigenvalue weighted by Gasteiger charge is -2.18. The molecule has 4 heteroatoms. The Morgan fingerprint density at radius 3 is 3.05 bits per heavy atom. The van der Waals surface area contributed by atoms with Gasteiger partial charge in [0, 0.05) is 16.4 Å². The number of hydrogen-bond donors (Lipinski definition) is 1. The highest BCUT2D eigenvalue weighted by Gasteiger charge is 2.10. The first kappa shape index (κ1) is 12.5. The third-order valence-electron chi connectivity index (χ3n) is 3.23. The molecule has 0 aliphatic carbocycles. The molecule has 0 spiro atoms. The van der Waals surface area contributed by atoms with E-state index in [1.54, 1.807) is 0 Å². The molecule has 3 rings (SSSR count). The third kappa shape index (κ3) is 2.73. The summed E-state index contributed by atoms with van der Waals surface area (Å²) in [6.07, 6.45) is 3.99. The highest BCUT2D eigenvalue weighted by Crippen LogP contribution is 2.29. The molecule has 1 aliphatic heterocycles. The smallest absolute Gasteiger partial charge is 0.130 e. The van der Waals surface area contributed by atoms with Crippen LogP contribution in [0.25, 0.3) is 0 Å². The molecule has 3 nitrogen and oxygen atoms in total. The summed E-state index contributed by atoms with van der Waals surface area (Å²) in [4.78, 5) is 4.36. The van der Waals surface area contributed by atoms with Crippen molar-refractivity contribution < 1.29 is 4.74 Å². The van der Waals surface area contributed by atoms with Crippen LogP contribution in [0.4, 0.5) is 11.5 Å². The van der Waals surface area contributed by atoms with Crippen LogP contribution in [0.3, 0.4) is 0 Å². The largest absolute Gasteiger partial charge is 0.493 e. The maximum Gasteiger partial charge on any atom is 0.130 e. The Labute approximate surface area is 121 Å². The first-order valence-corrected chi connectivity index (χ1v) is 7.16. The molecule has 0 fully saturated rings. The highest BCUT2D eigenvalue weighted by atomic mass is 79.9. The maximum atomic E-state index is 5.61. The number of benzene rings is 1. The van der Waals surface area contributed by atoms with Gasteiger partial charge < -0.3 is 10.1 Å². The predicted molar refractivity (Wildman–Crippen MR) is 80.2 cm³/mol. The van der Waals surface area contributed by atoms with Gasteiger partial charge in [0.15, 0.2) is 0 Å². The topological polar surface area (TPSA) is 34.1 Å². The second kappa shape index (κ2) is 5.21. The summed E-state index contributed by atoms with van der Waals surface area (Å²) in [6, 6.07) is 8.24. The second-order valence-electron chi connectivity index (χ2n) is 4.72. The van der Waals surface area contributed by atoms with E-state index in [-0.39, 0.29) is 0 Å². The molecule has 0 bridgehead atoms. The predicted octanol–water partition coefficient (Wildman–Crippen LogP) is 4.22. The summed E-state index contributed by atoms with van der Waals surface area (Å²) in [6.45, 7) is 2.88. The number of aryl methyl sites for hydroxylation is 2. The summed E-state index contributed by atoms with van der Waals surface area (Å²) in [5, 5.41) is 3.33. The van der Waals surface area contributed by atoms with E-state index >= 15 is 0 Å². The van der Waals surface area contributed by atoms with E-state index < -0.39 is 0 Å². The molecule has 0 saturated heterocycles. The van der Waals surface area contributed by atoms with Crippen LogP contribution in [0.1, 0.15) is 17.5 Å². The SMILES string of the molecule is Cc1cc(Nc2ccc3c(c2)CCCO3)ncc1Br. The van der Waals surface area contributed by atoms with Crippen molar-refractivity contribution >= 4 is 27.4 Å². The van der Waals surface area contributed by atoms with Crippen molar-refractivity contribution in [1.82, 2.24) is 4.98 Å². The summed E-state index contributed by atoms with van der Waals surface area (Å²) < 4.78 is 6.64. The van der Waals surface area contributed by atoms with Gasteiger partial charge in [-0.3, -0.25) is 0 Å². The Bertz CT molecular complexity index is 613. The minimum absolute atomic E-state index is 0.827. The molecule has 1 aromatic heterocycles. The molecule has 1 aromatic carbocycles. The van der Waals surface area contributed by atoms with Gasteiger partial charge in [-0.1, -0.05) is 0 Å². The van der Waals surface area contributed by atoms with Crippen molar-refractivity contribution in [3.63, 3.8) is 0 Å². The van der Waals surface area contributed by atoms with Gasteiger partial charge in [-0.2, -0.15) is 0 Å². The Balaban J connectivity index is 1.84. The van der Waals surface area contributed by atoms with Gasteiger partial charge in [-0.15, -0.1) is 0 Å². The first-order valence-electron chi connectivity index (χ1n) is 6.37. The number of rotatable bonds is 2. The average Bonchev–Trinajstić information content (AvgIpc) is 2.43. The fourth-order valence-corrected chi connectivity index (χ4v) is 2.41. The summed E-state index contributed by atoms with van der Waals surface area (Å²) in [5.74, 6) is 1.87. The fourth-order valence-electron chi connectivity index (χ4n) is 2.19. The molecule has 1 N–H and O–H groups in total. The van der Waals surface area contributed by atoms with Gasteiger partial charge in [-0.25, -0.2) is 4.98 Å². The van der Waals surface area contributed by atoms with E-state index in [2.05, 4.69) is 39.2 Å². The molecule has 98 valence electrons. The number of hydrogen-bond acceptors (Lipinski definition) is 3. The van der Waals surface area contributed by atoms with E-state index in [9.17, 15) is 0 Å². The van der Waals surface area contributed by atoms with E-state index in [0.29, 0.717) is 0 Å². The number of ether oxygens (including phenoxy) is 1. The molecule has 0 atom stereocenters. The molecule has 0 unspecified atom stereocenters. The minimum atomic E-state index is 0.827. The Morgan fingerprint density at radius 2 is 2.21 bits per heavy atom. The summed E-state index contributed by atoms with van der Waals surface area (Å²) in [5.41, 5.74) is 3.49. The average molecular weight is 319 g/mol. The van der Waals surface area contributed by atoms with Crippen molar-refractivity contribution in [3.05, 3.63) is 46.1 Å². The molecule has 19 heavy (non-hydrogen) atoms. The van der Waals surface area contributed by atoms with Crippen LogP contribution in [0.5, 0.6) is 5.75 Å². The van der Waals surface area contributed by atoms with Crippen molar-refractivity contribution in [3.8, 4) is 5.75 Å². The zero-order valence-electron chi connectivity index (χ0n) is 10.7. The molecule has 1 aliphatic rings. The van der Waals surface area contributed by atoms with Crippen LogP contribution in [-0.4, -0.2) is 11.6 Å². The maximum absolute atomic E-state index is 5.61. The van der Waals surface area contributed by atoms with Crippen LogP contribution in [0.15, 0.2) is 34.9 Å². The Kier molecular flexibility index (Phi) is 3.42. The first-order chi connectivity index (χ1) is 9.22. The van der Waals surface area contributed by atoms with Crippen LogP contribution < -0.4 is 10.1 Å². The standard InChI is InChI=1S/C15H15BrN2O/c1-10-7-15(17-9-13(10)16)18-12-4-5-14-11(8-12)3-2-6-19-14/h4-5,7-9H,2-3,6H2,1H3,(H,17,18). The zero-order valence-corrected chi connectivity index (χ0v) is 12.3. The van der Waals surface area contributed by atoms with Crippen LogP contribution >= 0.6 is 15.9 Å². The van der Waals surface area contributed by atoms with E-state index in [1.165, 1.54) is 11.1 Å². The molecule has 0 amide bonds. The molecule has 2 aromatic rings. The third-order valence-corrected chi connectivity index (χ3v) is 4.06. The number of anilines is 2. The molecule has 2 heterocycles. The van der Waals surface area contributed by atoms with Crippen molar-refractivity contribution in [2.75, 3.05) is 11.9 Å². The number of nitrogens with one attached hydrogen (secondary N) is 1. The molecule has 0 radical (unpaired) electrons. The number of fused-ring (bicyclic) bond motifs is 1. The number of aromatic nitrogens is 1. The quantitative estimate of drug-likeness (QED) is 0.900. The van der Waals surface area contributed by atoms with Gasteiger partial charge in [0.2, 0.25) is 0 Å². The normalized spacial score (nSPS) is 13.6. The fraction of sp³-hybridized carbons (Fsp3) is 0.267. The van der Waals surface area contributed by atoms with Gasteiger partial charge in [0.05, 0.1) is 6.61 Å². The van der Waals surface area contributed by atoms with E-state index in [0.717, 1.165) is 41.2 Å². The number of pyridine rings is 1. The van der Waals surface area contributed by atoms with Gasteiger partial charge in [0.1, 0.15) is 11.6 Å². The minimum Gasteiger partial charge on any atom is -0.493 e. The van der Waals surface area contributed by atoms with E-state index in [1.807, 2.05) is 24.4 Å². The lowest BCUT2D eigenvalue weighted by molar-refractivity contribution is 0.288.